The van der Waals surface area contributed by atoms with E-state index in [1.54, 1.807) is 0 Å². The van der Waals surface area contributed by atoms with Crippen LogP contribution in [0.5, 0.6) is 0 Å². The number of rotatable bonds is 3. The van der Waals surface area contributed by atoms with Crippen molar-refractivity contribution in [3.05, 3.63) is 0 Å². The first kappa shape index (κ1) is 8.80. The summed E-state index contributed by atoms with van der Waals surface area (Å²) in [5, 5.41) is 0. The number of halogens is 3. The molecular weight excluding hydrogens is 159 g/mol. The van der Waals surface area contributed by atoms with Gasteiger partial charge >= 0.3 is 6.18 Å². The van der Waals surface area contributed by atoms with Gasteiger partial charge in [-0.25, -0.2) is 0 Å². The molecule has 0 radical (unpaired) electrons. The maximum atomic E-state index is 11.5. The van der Waals surface area contributed by atoms with Crippen LogP contribution in [0.2, 0.25) is 0 Å². The lowest BCUT2D eigenvalue weighted by molar-refractivity contribution is -0.195. The summed E-state index contributed by atoms with van der Waals surface area (Å²) in [6, 6.07) is 0.136. The first-order valence-corrected chi connectivity index (χ1v) is 3.52. The maximum absolute atomic E-state index is 11.5. The molecule has 0 aromatic carbocycles. The largest absolute Gasteiger partial charge is 0.413 e. The van der Waals surface area contributed by atoms with E-state index in [2.05, 4.69) is 10.3 Å². The summed E-state index contributed by atoms with van der Waals surface area (Å²) in [6.45, 7) is -1.20. The Hall–Kier alpha value is -0.290. The fourth-order valence-electron chi connectivity index (χ4n) is 0.767. The van der Waals surface area contributed by atoms with Crippen LogP contribution in [-0.2, 0) is 4.84 Å². The van der Waals surface area contributed by atoms with Crippen LogP contribution in [-0.4, -0.2) is 18.8 Å². The van der Waals surface area contributed by atoms with Crippen molar-refractivity contribution in [2.75, 3.05) is 6.61 Å². The lowest BCUT2D eigenvalue weighted by atomic mass is 9.94. The molecule has 0 amide bonds. The molecule has 66 valence electrons. The first-order valence-electron chi connectivity index (χ1n) is 3.52. The smallest absolute Gasteiger partial charge is 0.292 e. The number of hydroxylamine groups is 1. The van der Waals surface area contributed by atoms with E-state index in [4.69, 9.17) is 0 Å². The Bertz CT molecular complexity index is 121. The van der Waals surface area contributed by atoms with Gasteiger partial charge in [0.1, 0.15) is 0 Å². The van der Waals surface area contributed by atoms with Crippen molar-refractivity contribution in [1.29, 1.82) is 0 Å². The third-order valence-corrected chi connectivity index (χ3v) is 1.59. The lowest BCUT2D eigenvalue weighted by Gasteiger charge is -2.25. The van der Waals surface area contributed by atoms with E-state index in [1.807, 2.05) is 0 Å². The third kappa shape index (κ3) is 3.57. The van der Waals surface area contributed by atoms with Crippen molar-refractivity contribution in [2.45, 2.75) is 31.5 Å². The predicted octanol–water partition coefficient (Wildman–Crippen LogP) is 1.62. The molecule has 1 rings (SSSR count). The molecule has 11 heavy (non-hydrogen) atoms. The average molecular weight is 169 g/mol. The van der Waals surface area contributed by atoms with Gasteiger partial charge in [-0.15, -0.1) is 0 Å². The predicted molar refractivity (Wildman–Crippen MR) is 32.8 cm³/mol. The van der Waals surface area contributed by atoms with E-state index < -0.39 is 12.8 Å². The topological polar surface area (TPSA) is 21.3 Å². The molecule has 0 aromatic heterocycles. The molecule has 1 aliphatic rings. The molecule has 0 atom stereocenters. The van der Waals surface area contributed by atoms with E-state index in [0.29, 0.717) is 0 Å². The molecule has 1 saturated carbocycles. The number of hydrogen-bond acceptors (Lipinski definition) is 2. The molecule has 0 bridgehead atoms. The molecule has 1 fully saturated rings. The Morgan fingerprint density at radius 1 is 1.36 bits per heavy atom. The van der Waals surface area contributed by atoms with E-state index in [-0.39, 0.29) is 6.04 Å². The number of alkyl halides is 3. The Labute approximate surface area is 62.7 Å². The van der Waals surface area contributed by atoms with Crippen molar-refractivity contribution in [1.82, 2.24) is 5.48 Å². The molecule has 0 aromatic rings. The van der Waals surface area contributed by atoms with E-state index in [1.165, 1.54) is 0 Å². The molecule has 0 heterocycles. The molecule has 2 nitrogen and oxygen atoms in total. The van der Waals surface area contributed by atoms with Crippen LogP contribution in [0.1, 0.15) is 19.3 Å². The molecule has 5 heteroatoms. The highest BCUT2D eigenvalue weighted by Crippen LogP contribution is 2.19. The van der Waals surface area contributed by atoms with Crippen LogP contribution in [0.25, 0.3) is 0 Å². The normalized spacial score (nSPS) is 19.9. The Morgan fingerprint density at radius 2 is 2.00 bits per heavy atom. The Balaban J connectivity index is 1.95. The molecule has 0 saturated heterocycles. The van der Waals surface area contributed by atoms with Gasteiger partial charge in [0.05, 0.1) is 0 Å². The second-order valence-electron chi connectivity index (χ2n) is 2.65. The summed E-state index contributed by atoms with van der Waals surface area (Å²) >= 11 is 0. The molecule has 0 unspecified atom stereocenters. The fourth-order valence-corrected chi connectivity index (χ4v) is 0.767. The monoisotopic (exact) mass is 169 g/mol. The maximum Gasteiger partial charge on any atom is 0.413 e. The summed E-state index contributed by atoms with van der Waals surface area (Å²) in [7, 11) is 0. The minimum absolute atomic E-state index is 0.136. The van der Waals surface area contributed by atoms with Crippen molar-refractivity contribution in [3.8, 4) is 0 Å². The van der Waals surface area contributed by atoms with Gasteiger partial charge in [0.15, 0.2) is 6.61 Å². The molecule has 1 N–H and O–H groups in total. The highest BCUT2D eigenvalue weighted by atomic mass is 19.4. The second-order valence-corrected chi connectivity index (χ2v) is 2.65. The van der Waals surface area contributed by atoms with Gasteiger partial charge < -0.3 is 0 Å². The van der Waals surface area contributed by atoms with Gasteiger partial charge in [0.2, 0.25) is 0 Å². The highest BCUT2D eigenvalue weighted by Gasteiger charge is 2.28. The fraction of sp³-hybridized carbons (Fsp3) is 1.00. The zero-order valence-corrected chi connectivity index (χ0v) is 5.95. The Morgan fingerprint density at radius 3 is 2.36 bits per heavy atom. The van der Waals surface area contributed by atoms with Crippen LogP contribution in [0.4, 0.5) is 13.2 Å². The molecule has 0 aliphatic heterocycles. The zero-order chi connectivity index (χ0) is 8.32. The highest BCUT2D eigenvalue weighted by molar-refractivity contribution is 4.72. The van der Waals surface area contributed by atoms with Gasteiger partial charge in [-0.2, -0.15) is 18.7 Å². The van der Waals surface area contributed by atoms with Crippen molar-refractivity contribution in [2.24, 2.45) is 0 Å². The minimum atomic E-state index is -4.23. The summed E-state index contributed by atoms with van der Waals surface area (Å²) in [6.07, 6.45) is -1.32. The molecule has 0 spiro atoms. The summed E-state index contributed by atoms with van der Waals surface area (Å²) in [5.41, 5.74) is 2.36. The SMILES string of the molecule is FC(F)(F)CONC1CCC1. The minimum Gasteiger partial charge on any atom is -0.292 e. The molecular formula is C6H10F3NO. The first-order chi connectivity index (χ1) is 5.08. The van der Waals surface area contributed by atoms with Crippen molar-refractivity contribution >= 4 is 0 Å². The van der Waals surface area contributed by atoms with E-state index in [0.717, 1.165) is 19.3 Å². The van der Waals surface area contributed by atoms with Crippen molar-refractivity contribution < 1.29 is 18.0 Å². The Kier molecular flexibility index (Phi) is 2.72. The standard InChI is InChI=1S/C6H10F3NO/c7-6(8,9)4-11-10-5-2-1-3-5/h5,10H,1-4H2. The van der Waals surface area contributed by atoms with Gasteiger partial charge in [0.25, 0.3) is 0 Å². The second kappa shape index (κ2) is 3.40. The quantitative estimate of drug-likeness (QED) is 0.648. The van der Waals surface area contributed by atoms with Crippen LogP contribution in [0.15, 0.2) is 0 Å². The van der Waals surface area contributed by atoms with Crippen LogP contribution in [0, 0.1) is 0 Å². The van der Waals surface area contributed by atoms with Crippen LogP contribution < -0.4 is 5.48 Å². The van der Waals surface area contributed by atoms with Gasteiger partial charge in [-0.3, -0.25) is 4.84 Å². The summed E-state index contributed by atoms with van der Waals surface area (Å²) < 4.78 is 34.4. The van der Waals surface area contributed by atoms with Gasteiger partial charge in [-0.05, 0) is 12.8 Å². The summed E-state index contributed by atoms with van der Waals surface area (Å²) in [4.78, 5) is 4.23. The number of nitrogens with one attached hydrogen (secondary N) is 1. The van der Waals surface area contributed by atoms with Gasteiger partial charge in [0, 0.05) is 6.04 Å². The van der Waals surface area contributed by atoms with Crippen molar-refractivity contribution in [3.63, 3.8) is 0 Å². The van der Waals surface area contributed by atoms with Crippen LogP contribution in [0.3, 0.4) is 0 Å². The number of hydrogen-bond donors (Lipinski definition) is 1. The summed E-state index contributed by atoms with van der Waals surface area (Å²) in [5.74, 6) is 0. The average Bonchev–Trinajstić information content (AvgIpc) is 1.73. The molecule has 1 aliphatic carbocycles. The lowest BCUT2D eigenvalue weighted by Crippen LogP contribution is -2.37. The third-order valence-electron chi connectivity index (χ3n) is 1.59. The zero-order valence-electron chi connectivity index (χ0n) is 5.95. The van der Waals surface area contributed by atoms with Gasteiger partial charge in [-0.1, -0.05) is 6.42 Å². The van der Waals surface area contributed by atoms with E-state index >= 15 is 0 Å². The van der Waals surface area contributed by atoms with E-state index in [9.17, 15) is 13.2 Å². The van der Waals surface area contributed by atoms with Crippen LogP contribution >= 0.6 is 0 Å².